The monoisotopic (exact) mass is 291 g/mol. The summed E-state index contributed by atoms with van der Waals surface area (Å²) in [6.07, 6.45) is 2.29. The minimum atomic E-state index is -0.884. The molecule has 0 radical (unpaired) electrons. The van der Waals surface area contributed by atoms with Crippen LogP contribution in [0.1, 0.15) is 37.2 Å². The molecule has 0 aromatic heterocycles. The molecule has 1 fully saturated rings. The summed E-state index contributed by atoms with van der Waals surface area (Å²) in [5.74, 6) is -0.403. The number of carbonyl (C=O) groups is 2. The quantitative estimate of drug-likeness (QED) is 0.873. The van der Waals surface area contributed by atoms with Gasteiger partial charge in [0.25, 0.3) is 0 Å². The first kappa shape index (κ1) is 15.4. The van der Waals surface area contributed by atoms with Crippen LogP contribution in [0.15, 0.2) is 24.3 Å². The first-order chi connectivity index (χ1) is 10.1. The molecule has 21 heavy (non-hydrogen) atoms. The van der Waals surface area contributed by atoms with Crippen LogP contribution in [0.4, 0.5) is 0 Å². The van der Waals surface area contributed by atoms with Crippen molar-refractivity contribution < 1.29 is 19.4 Å². The smallest absolute Gasteiger partial charge is 0.303 e. The van der Waals surface area contributed by atoms with Crippen molar-refractivity contribution in [1.82, 2.24) is 4.90 Å². The fourth-order valence-electron chi connectivity index (χ4n) is 2.70. The fraction of sp³-hybridized carbons (Fsp3) is 0.500. The number of ether oxygens (including phenoxy) is 1. The Morgan fingerprint density at radius 1 is 1.19 bits per heavy atom. The van der Waals surface area contributed by atoms with Gasteiger partial charge in [0.2, 0.25) is 5.91 Å². The van der Waals surface area contributed by atoms with Crippen molar-refractivity contribution in [3.8, 4) is 5.75 Å². The van der Waals surface area contributed by atoms with Crippen molar-refractivity contribution >= 4 is 11.9 Å². The minimum Gasteiger partial charge on any atom is -0.497 e. The largest absolute Gasteiger partial charge is 0.497 e. The third-order valence-electron chi connectivity index (χ3n) is 3.89. The van der Waals surface area contributed by atoms with Crippen molar-refractivity contribution in [3.05, 3.63) is 29.8 Å². The molecule has 0 aliphatic carbocycles. The van der Waals surface area contributed by atoms with Gasteiger partial charge in [-0.25, -0.2) is 0 Å². The highest BCUT2D eigenvalue weighted by atomic mass is 16.5. The summed E-state index contributed by atoms with van der Waals surface area (Å²) in [6, 6.07) is 7.27. The molecule has 1 N–H and O–H groups in total. The highest BCUT2D eigenvalue weighted by Gasteiger charge is 2.24. The Labute approximate surface area is 124 Å². The van der Waals surface area contributed by atoms with E-state index in [4.69, 9.17) is 9.84 Å². The molecule has 1 aliphatic heterocycles. The predicted molar refractivity (Wildman–Crippen MR) is 78.4 cm³/mol. The number of carboxylic acids is 1. The highest BCUT2D eigenvalue weighted by molar-refractivity contribution is 5.78. The van der Waals surface area contributed by atoms with Gasteiger partial charge in [0.05, 0.1) is 13.5 Å². The number of hydrogen-bond donors (Lipinski definition) is 1. The summed E-state index contributed by atoms with van der Waals surface area (Å²) >= 11 is 0. The van der Waals surface area contributed by atoms with Gasteiger partial charge in [-0.2, -0.15) is 0 Å². The van der Waals surface area contributed by atoms with E-state index in [1.54, 1.807) is 19.2 Å². The van der Waals surface area contributed by atoms with Gasteiger partial charge in [0.15, 0.2) is 0 Å². The Bertz CT molecular complexity index is 492. The molecular formula is C16H21NO4. The number of likely N-dealkylation sites (tertiary alicyclic amines) is 1. The molecule has 0 bridgehead atoms. The first-order valence-electron chi connectivity index (χ1n) is 7.23. The van der Waals surface area contributed by atoms with Crippen molar-refractivity contribution in [3.63, 3.8) is 0 Å². The number of aliphatic carboxylic acids is 1. The molecule has 1 amide bonds. The summed E-state index contributed by atoms with van der Waals surface area (Å²) in [7, 11) is 1.58. The molecule has 0 saturated carbocycles. The van der Waals surface area contributed by atoms with Crippen molar-refractivity contribution in [2.24, 2.45) is 0 Å². The average molecular weight is 291 g/mol. The van der Waals surface area contributed by atoms with Gasteiger partial charge in [0.1, 0.15) is 5.75 Å². The molecule has 5 heteroatoms. The van der Waals surface area contributed by atoms with Gasteiger partial charge in [-0.15, -0.1) is 0 Å². The second-order valence-corrected chi connectivity index (χ2v) is 5.36. The van der Waals surface area contributed by atoms with Crippen molar-refractivity contribution in [1.29, 1.82) is 0 Å². The summed E-state index contributed by atoms with van der Waals surface area (Å²) in [4.78, 5) is 25.1. The Morgan fingerprint density at radius 2 is 1.81 bits per heavy atom. The molecule has 1 aromatic carbocycles. The van der Waals surface area contributed by atoms with E-state index in [1.807, 2.05) is 17.0 Å². The van der Waals surface area contributed by atoms with Crippen LogP contribution in [0.25, 0.3) is 0 Å². The average Bonchev–Trinajstić information content (AvgIpc) is 3.00. The second kappa shape index (κ2) is 7.11. The maximum Gasteiger partial charge on any atom is 0.303 e. The second-order valence-electron chi connectivity index (χ2n) is 5.36. The number of hydrogen-bond acceptors (Lipinski definition) is 3. The first-order valence-corrected chi connectivity index (χ1v) is 7.23. The molecule has 114 valence electrons. The normalized spacial score (nSPS) is 15.8. The van der Waals surface area contributed by atoms with Gasteiger partial charge in [-0.1, -0.05) is 12.1 Å². The van der Waals surface area contributed by atoms with E-state index in [2.05, 4.69) is 0 Å². The van der Waals surface area contributed by atoms with Gasteiger partial charge >= 0.3 is 5.97 Å². The van der Waals surface area contributed by atoms with Crippen LogP contribution < -0.4 is 4.74 Å². The maximum absolute atomic E-state index is 12.2. The molecule has 1 saturated heterocycles. The molecule has 1 aromatic rings. The van der Waals surface area contributed by atoms with Gasteiger partial charge in [0, 0.05) is 25.4 Å². The summed E-state index contributed by atoms with van der Waals surface area (Å²) in [5, 5.41) is 9.07. The van der Waals surface area contributed by atoms with E-state index < -0.39 is 5.97 Å². The van der Waals surface area contributed by atoms with Gasteiger partial charge in [-0.05, 0) is 30.5 Å². The number of carbonyl (C=O) groups excluding carboxylic acids is 1. The van der Waals surface area contributed by atoms with Crippen LogP contribution in [0.3, 0.4) is 0 Å². The number of nitrogens with zero attached hydrogens (tertiary/aromatic N) is 1. The Kier molecular flexibility index (Phi) is 5.20. The lowest BCUT2D eigenvalue weighted by atomic mass is 9.92. The van der Waals surface area contributed by atoms with E-state index in [1.165, 1.54) is 0 Å². The number of methoxy groups -OCH3 is 1. The molecule has 2 rings (SSSR count). The molecule has 1 unspecified atom stereocenters. The lowest BCUT2D eigenvalue weighted by Gasteiger charge is -2.20. The zero-order valence-electron chi connectivity index (χ0n) is 12.2. The number of amides is 1. The topological polar surface area (TPSA) is 66.8 Å². The molecule has 1 heterocycles. The minimum absolute atomic E-state index is 0.0358. The lowest BCUT2D eigenvalue weighted by molar-refractivity contribution is -0.137. The van der Waals surface area contributed by atoms with E-state index >= 15 is 0 Å². The molecule has 1 atom stereocenters. The summed E-state index contributed by atoms with van der Waals surface area (Å²) in [6.45, 7) is 1.59. The molecule has 0 spiro atoms. The predicted octanol–water partition coefficient (Wildman–Crippen LogP) is 2.27. The maximum atomic E-state index is 12.2. The van der Waals surface area contributed by atoms with Crippen LogP contribution in [0.2, 0.25) is 0 Å². The Morgan fingerprint density at radius 3 is 2.33 bits per heavy atom. The lowest BCUT2D eigenvalue weighted by Crippen LogP contribution is -2.29. The van der Waals surface area contributed by atoms with Crippen LogP contribution in [0, 0.1) is 0 Å². The summed E-state index contributed by atoms with van der Waals surface area (Å²) in [5.41, 5.74) is 0.866. The zero-order valence-corrected chi connectivity index (χ0v) is 12.2. The van der Waals surface area contributed by atoms with Crippen LogP contribution >= 0.6 is 0 Å². The fourth-order valence-corrected chi connectivity index (χ4v) is 2.70. The van der Waals surface area contributed by atoms with E-state index in [0.717, 1.165) is 37.2 Å². The SMILES string of the molecule is COc1ccc(C(CC(=O)O)CC(=O)N2CCCC2)cc1. The van der Waals surface area contributed by atoms with Gasteiger partial charge < -0.3 is 14.7 Å². The number of rotatable bonds is 6. The van der Waals surface area contributed by atoms with E-state index in [9.17, 15) is 9.59 Å². The standard InChI is InChI=1S/C16H21NO4/c1-21-14-6-4-12(5-7-14)13(11-16(19)20)10-15(18)17-8-2-3-9-17/h4-7,13H,2-3,8-11H2,1H3,(H,19,20). The third-order valence-corrected chi connectivity index (χ3v) is 3.89. The van der Waals surface area contributed by atoms with Gasteiger partial charge in [-0.3, -0.25) is 9.59 Å². The van der Waals surface area contributed by atoms with Crippen LogP contribution in [-0.4, -0.2) is 42.1 Å². The summed E-state index contributed by atoms with van der Waals surface area (Å²) < 4.78 is 5.10. The third kappa shape index (κ3) is 4.21. The molecular weight excluding hydrogens is 270 g/mol. The van der Waals surface area contributed by atoms with E-state index in [-0.39, 0.29) is 24.7 Å². The van der Waals surface area contributed by atoms with Crippen LogP contribution in [0.5, 0.6) is 5.75 Å². The Hall–Kier alpha value is -2.04. The van der Waals surface area contributed by atoms with Crippen molar-refractivity contribution in [2.45, 2.75) is 31.6 Å². The van der Waals surface area contributed by atoms with Crippen LogP contribution in [-0.2, 0) is 9.59 Å². The molecule has 1 aliphatic rings. The zero-order chi connectivity index (χ0) is 15.2. The number of benzene rings is 1. The highest BCUT2D eigenvalue weighted by Crippen LogP contribution is 2.27. The van der Waals surface area contributed by atoms with E-state index in [0.29, 0.717) is 0 Å². The van der Waals surface area contributed by atoms with Crippen molar-refractivity contribution in [2.75, 3.05) is 20.2 Å². The Balaban J connectivity index is 2.08. The molecule has 5 nitrogen and oxygen atoms in total. The number of carboxylic acid groups (broad SMARTS) is 1.